The van der Waals surface area contributed by atoms with E-state index in [0.29, 0.717) is 23.6 Å². The molecule has 3 N–H and O–H groups in total. The fourth-order valence-corrected chi connectivity index (χ4v) is 2.93. The number of halogens is 1. The number of hydrogen-bond donors (Lipinski definition) is 2. The van der Waals surface area contributed by atoms with Crippen LogP contribution in [0.1, 0.15) is 15.2 Å². The third-order valence-electron chi connectivity index (χ3n) is 2.42. The van der Waals surface area contributed by atoms with Crippen LogP contribution in [0.2, 0.25) is 0 Å². The van der Waals surface area contributed by atoms with Crippen molar-refractivity contribution in [3.8, 4) is 0 Å². The van der Waals surface area contributed by atoms with Crippen LogP contribution in [0.4, 0.5) is 11.5 Å². The van der Waals surface area contributed by atoms with Gasteiger partial charge in [0.2, 0.25) is 0 Å². The molecule has 2 aromatic heterocycles. The average molecular weight is 342 g/mol. The van der Waals surface area contributed by atoms with Crippen molar-refractivity contribution in [3.05, 3.63) is 38.6 Å². The number of hydrogen-bond acceptors (Lipinski definition) is 6. The molecular formula is C12H12BrN3O2S. The molecule has 5 nitrogen and oxygen atoms in total. The van der Waals surface area contributed by atoms with Crippen LogP contribution in [-0.4, -0.2) is 18.1 Å². The molecule has 0 saturated carbocycles. The fourth-order valence-electron chi connectivity index (χ4n) is 1.50. The number of methoxy groups -OCH3 is 1. The van der Waals surface area contributed by atoms with Gasteiger partial charge in [-0.1, -0.05) is 0 Å². The Bertz CT molecular complexity index is 600. The van der Waals surface area contributed by atoms with Gasteiger partial charge in [0, 0.05) is 9.35 Å². The van der Waals surface area contributed by atoms with Crippen LogP contribution < -0.4 is 11.1 Å². The molecule has 0 unspecified atom stereocenters. The molecule has 0 aliphatic heterocycles. The van der Waals surface area contributed by atoms with E-state index >= 15 is 0 Å². The summed E-state index contributed by atoms with van der Waals surface area (Å²) >= 11 is 5.06. The summed E-state index contributed by atoms with van der Waals surface area (Å²) in [6.45, 7) is 0.569. The Kier molecular flexibility index (Phi) is 4.39. The number of nitrogens with one attached hydrogen (secondary N) is 1. The average Bonchev–Trinajstić information content (AvgIpc) is 2.82. The normalized spacial score (nSPS) is 10.2. The Morgan fingerprint density at radius 1 is 1.63 bits per heavy atom. The Labute approximate surface area is 122 Å². The Morgan fingerprint density at radius 3 is 3.05 bits per heavy atom. The minimum atomic E-state index is -0.465. The number of ether oxygens (including phenoxy) is 1. The molecule has 0 aliphatic rings. The van der Waals surface area contributed by atoms with Gasteiger partial charge in [-0.05, 0) is 33.4 Å². The fraction of sp³-hybridized carbons (Fsp3) is 0.167. The van der Waals surface area contributed by atoms with Crippen molar-refractivity contribution in [2.75, 3.05) is 18.2 Å². The van der Waals surface area contributed by atoms with E-state index in [0.717, 1.165) is 9.35 Å². The third-order valence-corrected chi connectivity index (χ3v) is 4.35. The minimum absolute atomic E-state index is 0.329. The van der Waals surface area contributed by atoms with Crippen LogP contribution in [0, 0.1) is 0 Å². The van der Waals surface area contributed by atoms with Crippen LogP contribution in [0.25, 0.3) is 0 Å². The van der Waals surface area contributed by atoms with Gasteiger partial charge in [-0.2, -0.15) is 0 Å². The van der Waals surface area contributed by atoms with Gasteiger partial charge in [0.1, 0.15) is 11.4 Å². The van der Waals surface area contributed by atoms with Crippen LogP contribution in [0.15, 0.2) is 28.2 Å². The number of nitrogen functional groups attached to an aromatic ring is 1. The molecule has 2 heterocycles. The summed E-state index contributed by atoms with van der Waals surface area (Å²) < 4.78 is 5.74. The lowest BCUT2D eigenvalue weighted by atomic mass is 10.2. The molecule has 19 heavy (non-hydrogen) atoms. The number of anilines is 2. The van der Waals surface area contributed by atoms with Gasteiger partial charge in [0.15, 0.2) is 0 Å². The molecule has 0 radical (unpaired) electrons. The summed E-state index contributed by atoms with van der Waals surface area (Å²) in [4.78, 5) is 16.9. The molecular weight excluding hydrogens is 330 g/mol. The number of carbonyl (C=O) groups excluding carboxylic acids is 1. The number of esters is 1. The summed E-state index contributed by atoms with van der Waals surface area (Å²) in [5.74, 6) is -0.00565. The largest absolute Gasteiger partial charge is 0.465 e. The van der Waals surface area contributed by atoms with E-state index in [4.69, 9.17) is 10.5 Å². The van der Waals surface area contributed by atoms with E-state index in [2.05, 4.69) is 26.2 Å². The minimum Gasteiger partial charge on any atom is -0.465 e. The van der Waals surface area contributed by atoms with Crippen molar-refractivity contribution >= 4 is 44.7 Å². The summed E-state index contributed by atoms with van der Waals surface area (Å²) in [5, 5.41) is 5.10. The molecule has 0 fully saturated rings. The maximum absolute atomic E-state index is 11.7. The molecule has 0 saturated heterocycles. The predicted octanol–water partition coefficient (Wildman–Crippen LogP) is 2.89. The van der Waals surface area contributed by atoms with Gasteiger partial charge in [-0.15, -0.1) is 11.3 Å². The molecule has 2 aromatic rings. The molecule has 2 rings (SSSR count). The topological polar surface area (TPSA) is 77.2 Å². The lowest BCUT2D eigenvalue weighted by Crippen LogP contribution is -2.10. The lowest BCUT2D eigenvalue weighted by molar-refractivity contribution is 0.0601. The first-order valence-corrected chi connectivity index (χ1v) is 7.08. The first-order valence-electron chi connectivity index (χ1n) is 5.41. The third kappa shape index (κ3) is 3.24. The van der Waals surface area contributed by atoms with Crippen molar-refractivity contribution < 1.29 is 9.53 Å². The molecule has 0 aromatic carbocycles. The van der Waals surface area contributed by atoms with Crippen molar-refractivity contribution in [2.45, 2.75) is 6.54 Å². The van der Waals surface area contributed by atoms with Crippen molar-refractivity contribution in [3.63, 3.8) is 0 Å². The standard InChI is InChI=1S/C12H12BrN3O2S/c1-18-12(17)8-4-7(14)5-15-11(8)16-6-10-9(13)2-3-19-10/h2-5H,6,14H2,1H3,(H,15,16). The second kappa shape index (κ2) is 6.03. The van der Waals surface area contributed by atoms with Gasteiger partial charge < -0.3 is 15.8 Å². The molecule has 100 valence electrons. The summed E-state index contributed by atoms with van der Waals surface area (Å²) in [5.41, 5.74) is 6.38. The molecule has 0 bridgehead atoms. The SMILES string of the molecule is COC(=O)c1cc(N)cnc1NCc1sccc1Br. The number of nitrogens with two attached hydrogens (primary N) is 1. The van der Waals surface area contributed by atoms with Gasteiger partial charge >= 0.3 is 5.97 Å². The zero-order chi connectivity index (χ0) is 13.8. The Hall–Kier alpha value is -1.60. The van der Waals surface area contributed by atoms with Gasteiger partial charge in [0.25, 0.3) is 0 Å². The highest BCUT2D eigenvalue weighted by Crippen LogP contribution is 2.24. The summed E-state index contributed by atoms with van der Waals surface area (Å²) in [7, 11) is 1.32. The first-order chi connectivity index (χ1) is 9.11. The number of nitrogens with zero attached hydrogens (tertiary/aromatic N) is 1. The maximum atomic E-state index is 11.7. The van der Waals surface area contributed by atoms with E-state index in [-0.39, 0.29) is 0 Å². The highest BCUT2D eigenvalue weighted by atomic mass is 79.9. The summed E-state index contributed by atoms with van der Waals surface area (Å²) in [6.07, 6.45) is 1.50. The second-order valence-corrected chi connectivity index (χ2v) is 5.56. The number of aromatic nitrogens is 1. The van der Waals surface area contributed by atoms with Crippen molar-refractivity contribution in [1.82, 2.24) is 4.98 Å². The monoisotopic (exact) mass is 341 g/mol. The highest BCUT2D eigenvalue weighted by molar-refractivity contribution is 9.10. The van der Waals surface area contributed by atoms with E-state index < -0.39 is 5.97 Å². The van der Waals surface area contributed by atoms with Crippen LogP contribution >= 0.6 is 27.3 Å². The Morgan fingerprint density at radius 2 is 2.42 bits per heavy atom. The zero-order valence-electron chi connectivity index (χ0n) is 10.1. The quantitative estimate of drug-likeness (QED) is 0.836. The smallest absolute Gasteiger partial charge is 0.341 e. The molecule has 0 atom stereocenters. The van der Waals surface area contributed by atoms with E-state index in [1.807, 2.05) is 11.4 Å². The number of rotatable bonds is 4. The zero-order valence-corrected chi connectivity index (χ0v) is 12.5. The van der Waals surface area contributed by atoms with Crippen molar-refractivity contribution in [1.29, 1.82) is 0 Å². The second-order valence-electron chi connectivity index (χ2n) is 3.70. The predicted molar refractivity (Wildman–Crippen MR) is 79.3 cm³/mol. The van der Waals surface area contributed by atoms with Gasteiger partial charge in [0.05, 0.1) is 25.5 Å². The number of carbonyl (C=O) groups is 1. The highest BCUT2D eigenvalue weighted by Gasteiger charge is 2.14. The van der Waals surface area contributed by atoms with Crippen molar-refractivity contribution in [2.24, 2.45) is 0 Å². The van der Waals surface area contributed by atoms with E-state index in [1.165, 1.54) is 13.3 Å². The maximum Gasteiger partial charge on any atom is 0.341 e. The van der Waals surface area contributed by atoms with Crippen LogP contribution in [0.5, 0.6) is 0 Å². The van der Waals surface area contributed by atoms with Gasteiger partial charge in [-0.25, -0.2) is 9.78 Å². The molecule has 0 amide bonds. The van der Waals surface area contributed by atoms with Gasteiger partial charge in [-0.3, -0.25) is 0 Å². The van der Waals surface area contributed by atoms with E-state index in [9.17, 15) is 4.79 Å². The number of thiophene rings is 1. The van der Waals surface area contributed by atoms with Crippen LogP contribution in [0.3, 0.4) is 0 Å². The van der Waals surface area contributed by atoms with Crippen LogP contribution in [-0.2, 0) is 11.3 Å². The summed E-state index contributed by atoms with van der Waals surface area (Å²) in [6, 6.07) is 3.52. The first kappa shape index (κ1) is 13.8. The molecule has 0 spiro atoms. The Balaban J connectivity index is 2.20. The molecule has 7 heteroatoms. The number of pyridine rings is 1. The lowest BCUT2D eigenvalue weighted by Gasteiger charge is -2.09. The molecule has 0 aliphatic carbocycles. The van der Waals surface area contributed by atoms with E-state index in [1.54, 1.807) is 17.4 Å².